The van der Waals surface area contributed by atoms with E-state index in [0.29, 0.717) is 74.0 Å². The number of thiophene rings is 3. The van der Waals surface area contributed by atoms with Crippen LogP contribution in [0.1, 0.15) is 155 Å². The first-order chi connectivity index (χ1) is 48.4. The predicted molar refractivity (Wildman–Crippen MR) is 437 cm³/mol. The molecule has 0 aliphatic rings. The SMILES string of the molecule is CC(C)CC(=O)C=C(O)CC(C)C.CC(C)CC(=O)C=C(O)CC(C)C.CC(C)CC(=O)C=C(O)CC(C)C.Cc1[c-]c(-c2cc3c(cn2)sc2ccccc23)cc(C)c1.Cc1[c-]c(-c2ccc3c(n2)sc2ccccc23)cc(C)c1.Cc1[c-]c(-c2nccc3c2sc2ccccc23)cc(C)c1.[Ir].[Ir].[Ir]. The van der Waals surface area contributed by atoms with Crippen LogP contribution < -0.4 is 0 Å². The number of aliphatic hydroxyl groups is 3. The molecule has 0 spiro atoms. The summed E-state index contributed by atoms with van der Waals surface area (Å²) in [6.45, 7) is 36.6. The number of nitrogens with zero attached hydrogens (tertiary/aromatic N) is 3. The fourth-order valence-electron chi connectivity index (χ4n) is 11.8. The van der Waals surface area contributed by atoms with E-state index in [4.69, 9.17) is 4.98 Å². The van der Waals surface area contributed by atoms with Gasteiger partial charge in [0.2, 0.25) is 0 Å². The van der Waals surface area contributed by atoms with Crippen molar-refractivity contribution in [1.82, 2.24) is 15.0 Å². The molecule has 12 aromatic rings. The quantitative estimate of drug-likeness (QED) is 0.0433. The Hall–Kier alpha value is -6.99. The molecule has 0 saturated heterocycles. The number of aryl methyl sites for hydroxylation is 6. The van der Waals surface area contributed by atoms with E-state index in [-0.39, 0.29) is 94.9 Å². The molecule has 15 heteroatoms. The zero-order chi connectivity index (χ0) is 74.5. The van der Waals surface area contributed by atoms with Gasteiger partial charge in [0.1, 0.15) is 4.83 Å². The second kappa shape index (κ2) is 43.7. The summed E-state index contributed by atoms with van der Waals surface area (Å²) >= 11 is 5.37. The molecule has 0 aliphatic carbocycles. The van der Waals surface area contributed by atoms with Crippen LogP contribution in [0, 0.1) is 95.2 Å². The standard InChI is InChI=1S/3C19H14NS.3C11H20O2.3Ir/c1-12-7-13(2)9-14(8-12)17-10-16-15-5-3-4-6-18(15)21-19(16)11-20-17;1-12-9-13(2)11-14(10-12)17-8-7-16-15-5-3-4-6-18(15)21-19(16)20-17;1-12-9-13(2)11-14(10-12)18-19-16(7-8-20-18)15-5-3-4-6-17(15)21-19;3*1-8(2)5-10(12)7-11(13)6-9(3)4;;;/h3-8,10-11H,1-2H3;2*3-10H,1-2H3;3*7-9,12H,5-6H2,1-4H3;;;/q3*-1;;;;;;. The maximum absolute atomic E-state index is 11.2. The molecule has 6 aromatic carbocycles. The number of benzene rings is 6. The van der Waals surface area contributed by atoms with Crippen LogP contribution in [-0.4, -0.2) is 47.6 Å². The van der Waals surface area contributed by atoms with Crippen molar-refractivity contribution in [2.45, 2.75) is 163 Å². The van der Waals surface area contributed by atoms with Gasteiger partial charge in [-0.15, -0.1) is 139 Å². The minimum Gasteiger partial charge on any atom is -0.512 e. The minimum atomic E-state index is 0. The first-order valence-electron chi connectivity index (χ1n) is 35.5. The van der Waals surface area contributed by atoms with Crippen molar-refractivity contribution in [3.8, 4) is 33.8 Å². The van der Waals surface area contributed by atoms with E-state index in [2.05, 4.69) is 203 Å². The summed E-state index contributed by atoms with van der Waals surface area (Å²) in [7, 11) is 0. The number of allylic oxidation sites excluding steroid dienone is 6. The average Bonchev–Trinajstić information content (AvgIpc) is 1.71. The molecule has 3 N–H and O–H groups in total. The molecule has 12 rings (SSSR count). The second-order valence-electron chi connectivity index (χ2n) is 29.1. The topological polar surface area (TPSA) is 151 Å². The van der Waals surface area contributed by atoms with Crippen LogP contribution >= 0.6 is 34.0 Å². The number of aliphatic hydroxyl groups excluding tert-OH is 3. The Labute approximate surface area is 676 Å². The van der Waals surface area contributed by atoms with Gasteiger partial charge in [0.25, 0.3) is 0 Å². The molecular weight excluding hydrogens is 1890 g/mol. The van der Waals surface area contributed by atoms with E-state index in [9.17, 15) is 29.7 Å². The summed E-state index contributed by atoms with van der Waals surface area (Å²) in [4.78, 5) is 48.8. The van der Waals surface area contributed by atoms with Crippen LogP contribution in [0.15, 0.2) is 181 Å². The number of rotatable bonds is 18. The summed E-state index contributed by atoms with van der Waals surface area (Å²) in [5.74, 6) is 2.94. The molecule has 0 atom stereocenters. The van der Waals surface area contributed by atoms with Gasteiger partial charge >= 0.3 is 0 Å². The van der Waals surface area contributed by atoms with Crippen molar-refractivity contribution in [2.75, 3.05) is 0 Å². The minimum absolute atomic E-state index is 0. The average molecular weight is 1990 g/mol. The van der Waals surface area contributed by atoms with Crippen LogP contribution in [0.25, 0.3) is 94.4 Å². The zero-order valence-electron chi connectivity index (χ0n) is 63.9. The zero-order valence-corrected chi connectivity index (χ0v) is 73.6. The maximum atomic E-state index is 11.2. The predicted octanol–water partition coefficient (Wildman–Crippen LogP) is 25.9. The molecule has 6 aromatic heterocycles. The molecule has 9 nitrogen and oxygen atoms in total. The van der Waals surface area contributed by atoms with Crippen molar-refractivity contribution in [3.63, 3.8) is 0 Å². The molecule has 0 unspecified atom stereocenters. The number of carbonyl (C=O) groups is 3. The number of aromatic nitrogens is 3. The number of pyridine rings is 3. The van der Waals surface area contributed by atoms with E-state index in [0.717, 1.165) is 55.3 Å². The Bertz CT molecular complexity index is 4760. The van der Waals surface area contributed by atoms with Gasteiger partial charge in [0.15, 0.2) is 17.3 Å². The third-order valence-corrected chi connectivity index (χ3v) is 19.1. The summed E-state index contributed by atoms with van der Waals surface area (Å²) in [5, 5.41) is 35.8. The molecule has 0 fully saturated rings. The molecule has 105 heavy (non-hydrogen) atoms. The Morgan fingerprint density at radius 2 is 0.752 bits per heavy atom. The third-order valence-electron chi connectivity index (χ3n) is 15.7. The van der Waals surface area contributed by atoms with E-state index in [1.165, 1.54) is 90.7 Å². The fourth-order valence-corrected chi connectivity index (χ4v) is 15.2. The van der Waals surface area contributed by atoms with Gasteiger partial charge in [0, 0.05) is 165 Å². The smallest absolute Gasteiger partial charge is 0.159 e. The third kappa shape index (κ3) is 28.9. The van der Waals surface area contributed by atoms with Crippen molar-refractivity contribution in [2.24, 2.45) is 35.5 Å². The molecule has 0 aliphatic heterocycles. The van der Waals surface area contributed by atoms with Crippen molar-refractivity contribution in [1.29, 1.82) is 0 Å². The monoisotopic (exact) mass is 2000 g/mol. The normalized spacial score (nSPS) is 11.5. The van der Waals surface area contributed by atoms with Crippen molar-refractivity contribution >= 4 is 112 Å². The molecule has 0 amide bonds. The van der Waals surface area contributed by atoms with E-state index in [1.807, 2.05) is 107 Å². The van der Waals surface area contributed by atoms with Gasteiger partial charge < -0.3 is 25.3 Å². The second-order valence-corrected chi connectivity index (χ2v) is 32.3. The van der Waals surface area contributed by atoms with E-state index >= 15 is 0 Å². The molecule has 6 heterocycles. The number of carbonyl (C=O) groups excluding carboxylic acids is 3. The van der Waals surface area contributed by atoms with Gasteiger partial charge in [-0.05, 0) is 92.7 Å². The largest absolute Gasteiger partial charge is 0.512 e. The number of hydrogen-bond donors (Lipinski definition) is 3. The van der Waals surface area contributed by atoms with Crippen LogP contribution in [0.2, 0.25) is 0 Å². The first kappa shape index (κ1) is 90.4. The summed E-state index contributed by atoms with van der Waals surface area (Å²) in [6, 6.07) is 57.3. The summed E-state index contributed by atoms with van der Waals surface area (Å²) < 4.78 is 6.41. The molecular formula is C90H102Ir3N3O6S3-3. The molecule has 0 bridgehead atoms. The van der Waals surface area contributed by atoms with Gasteiger partial charge in [0.05, 0.1) is 22.0 Å². The van der Waals surface area contributed by atoms with Gasteiger partial charge in [-0.3, -0.25) is 19.4 Å². The van der Waals surface area contributed by atoms with Gasteiger partial charge in [-0.25, -0.2) is 0 Å². The van der Waals surface area contributed by atoms with Crippen LogP contribution in [-0.2, 0) is 74.7 Å². The Kier molecular flexibility index (Phi) is 37.6. The molecule has 561 valence electrons. The molecule has 3 radical (unpaired) electrons. The van der Waals surface area contributed by atoms with E-state index in [1.54, 1.807) is 22.7 Å². The molecule has 0 saturated carbocycles. The Balaban J connectivity index is 0.000000270. The van der Waals surface area contributed by atoms with Crippen LogP contribution in [0.4, 0.5) is 0 Å². The van der Waals surface area contributed by atoms with E-state index < -0.39 is 0 Å². The Morgan fingerprint density at radius 1 is 0.381 bits per heavy atom. The van der Waals surface area contributed by atoms with Gasteiger partial charge in [-0.2, -0.15) is 0 Å². The summed E-state index contributed by atoms with van der Waals surface area (Å²) in [6.07, 6.45) is 11.3. The number of fused-ring (bicyclic) bond motifs is 9. The number of hydrogen-bond acceptors (Lipinski definition) is 12. The Morgan fingerprint density at radius 3 is 1.18 bits per heavy atom. The summed E-state index contributed by atoms with van der Waals surface area (Å²) in [5.41, 5.74) is 13.5. The first-order valence-corrected chi connectivity index (χ1v) is 37.9. The fraction of sp³-hybridized carbons (Fsp3) is 0.333. The maximum Gasteiger partial charge on any atom is 0.159 e. The van der Waals surface area contributed by atoms with Gasteiger partial charge in [-0.1, -0.05) is 197 Å². The number of ketones is 3. The van der Waals surface area contributed by atoms with Crippen LogP contribution in [0.3, 0.4) is 0 Å². The van der Waals surface area contributed by atoms with Crippen molar-refractivity contribution < 1.29 is 90.0 Å². The van der Waals surface area contributed by atoms with Crippen molar-refractivity contribution in [3.05, 3.63) is 233 Å². The van der Waals surface area contributed by atoms with Crippen LogP contribution in [0.5, 0.6) is 0 Å².